The molecular formula is C21H44O8P2. The molecule has 1 saturated heterocycles. The highest BCUT2D eigenvalue weighted by molar-refractivity contribution is 7.60. The number of epoxide rings is 1. The molecule has 0 aromatic rings. The highest BCUT2D eigenvalue weighted by Gasteiger charge is 2.37. The quantitative estimate of drug-likeness (QED) is 0.0884. The highest BCUT2D eigenvalue weighted by atomic mass is 31.3. The van der Waals surface area contributed by atoms with E-state index < -0.39 is 15.6 Å². The Bertz CT molecular complexity index is 547. The Labute approximate surface area is 188 Å². The van der Waals surface area contributed by atoms with E-state index in [1.165, 1.54) is 83.5 Å². The SMILES string of the molecule is CC1(CCCCCCCCCCCCCCCCCCOP(=O)(O)OP(=O)(O)O)CO1. The van der Waals surface area contributed by atoms with Gasteiger partial charge in [0.2, 0.25) is 0 Å². The van der Waals surface area contributed by atoms with Gasteiger partial charge in [-0.1, -0.05) is 96.3 Å². The van der Waals surface area contributed by atoms with Crippen LogP contribution in [0.1, 0.15) is 116 Å². The van der Waals surface area contributed by atoms with Crippen molar-refractivity contribution in [2.45, 2.75) is 122 Å². The van der Waals surface area contributed by atoms with Crippen LogP contribution in [0.4, 0.5) is 0 Å². The maximum absolute atomic E-state index is 11.2. The first-order chi connectivity index (χ1) is 14.6. The van der Waals surface area contributed by atoms with Crippen LogP contribution in [0.5, 0.6) is 0 Å². The molecule has 0 saturated carbocycles. The Hall–Kier alpha value is 0.220. The zero-order chi connectivity index (χ0) is 23.1. The summed E-state index contributed by atoms with van der Waals surface area (Å²) in [4.78, 5) is 26.1. The lowest BCUT2D eigenvalue weighted by Gasteiger charge is -2.12. The van der Waals surface area contributed by atoms with Gasteiger partial charge in [-0.3, -0.25) is 4.52 Å². The minimum absolute atomic E-state index is 0.0534. The number of phosphoric acid groups is 2. The lowest BCUT2D eigenvalue weighted by Crippen LogP contribution is -2.02. The third kappa shape index (κ3) is 19.4. The van der Waals surface area contributed by atoms with Gasteiger partial charge >= 0.3 is 15.6 Å². The van der Waals surface area contributed by atoms with Crippen LogP contribution in [0, 0.1) is 0 Å². The van der Waals surface area contributed by atoms with Gasteiger partial charge in [-0.25, -0.2) is 9.13 Å². The summed E-state index contributed by atoms with van der Waals surface area (Å²) in [5.41, 5.74) is 0.232. The van der Waals surface area contributed by atoms with Crippen LogP contribution in [-0.4, -0.2) is 33.5 Å². The standard InChI is InChI=1S/C21H44O8P2/c1-21(20-27-21)18-16-14-12-10-8-6-4-2-3-5-7-9-11-13-15-17-19-28-31(25,26)29-30(22,23)24/h2-20H2,1H3,(H,25,26)(H2,22,23,24). The molecular weight excluding hydrogens is 442 g/mol. The molecule has 1 fully saturated rings. The lowest BCUT2D eigenvalue weighted by atomic mass is 10.0. The van der Waals surface area contributed by atoms with Gasteiger partial charge < -0.3 is 19.4 Å². The molecule has 0 spiro atoms. The molecule has 186 valence electrons. The third-order valence-corrected chi connectivity index (χ3v) is 7.89. The fourth-order valence-corrected chi connectivity index (χ4v) is 5.30. The molecule has 1 heterocycles. The molecule has 10 heteroatoms. The van der Waals surface area contributed by atoms with E-state index in [-0.39, 0.29) is 12.2 Å². The van der Waals surface area contributed by atoms with Gasteiger partial charge in [0, 0.05) is 0 Å². The Kier molecular flexibility index (Phi) is 15.1. The third-order valence-electron chi connectivity index (χ3n) is 5.70. The Morgan fingerprint density at radius 3 is 1.42 bits per heavy atom. The Morgan fingerprint density at radius 2 is 1.06 bits per heavy atom. The zero-order valence-corrected chi connectivity index (χ0v) is 21.0. The van der Waals surface area contributed by atoms with Crippen molar-refractivity contribution in [3.63, 3.8) is 0 Å². The summed E-state index contributed by atoms with van der Waals surface area (Å²) in [6.45, 7) is 3.12. The maximum Gasteiger partial charge on any atom is 0.481 e. The van der Waals surface area contributed by atoms with Gasteiger partial charge in [0.15, 0.2) is 0 Å². The molecule has 2 unspecified atom stereocenters. The molecule has 0 amide bonds. The van der Waals surface area contributed by atoms with Crippen LogP contribution in [0.3, 0.4) is 0 Å². The average Bonchev–Trinajstić information content (AvgIpc) is 3.39. The summed E-state index contributed by atoms with van der Waals surface area (Å²) >= 11 is 0. The normalized spacial score (nSPS) is 20.6. The number of phosphoric ester groups is 1. The number of hydrogen-bond acceptors (Lipinski definition) is 5. The van der Waals surface area contributed by atoms with E-state index >= 15 is 0 Å². The second-order valence-electron chi connectivity index (χ2n) is 9.02. The summed E-state index contributed by atoms with van der Waals surface area (Å²) in [6.07, 6.45) is 20.7. The molecule has 0 aliphatic carbocycles. The topological polar surface area (TPSA) is 126 Å². The first-order valence-electron chi connectivity index (χ1n) is 12.0. The molecule has 1 aliphatic rings. The Morgan fingerprint density at radius 1 is 0.710 bits per heavy atom. The van der Waals surface area contributed by atoms with Gasteiger partial charge in [-0.2, -0.15) is 4.31 Å². The minimum Gasteiger partial charge on any atom is -0.370 e. The van der Waals surface area contributed by atoms with Crippen LogP contribution in [0.15, 0.2) is 0 Å². The second-order valence-corrected chi connectivity index (χ2v) is 11.8. The predicted molar refractivity (Wildman–Crippen MR) is 122 cm³/mol. The molecule has 2 atom stereocenters. The molecule has 31 heavy (non-hydrogen) atoms. The van der Waals surface area contributed by atoms with E-state index in [9.17, 15) is 9.13 Å². The molecule has 1 rings (SSSR count). The van der Waals surface area contributed by atoms with Crippen LogP contribution >= 0.6 is 15.6 Å². The molecule has 0 bridgehead atoms. The first kappa shape index (κ1) is 29.3. The van der Waals surface area contributed by atoms with Gasteiger partial charge in [0.1, 0.15) is 0 Å². The number of rotatable bonds is 22. The summed E-state index contributed by atoms with van der Waals surface area (Å²) in [6, 6.07) is 0. The van der Waals surface area contributed by atoms with Crippen molar-refractivity contribution in [1.82, 2.24) is 0 Å². The van der Waals surface area contributed by atoms with Crippen molar-refractivity contribution in [3.05, 3.63) is 0 Å². The van der Waals surface area contributed by atoms with Crippen molar-refractivity contribution < 1.29 is 37.4 Å². The first-order valence-corrected chi connectivity index (χ1v) is 15.0. The zero-order valence-electron chi connectivity index (χ0n) is 19.2. The van der Waals surface area contributed by atoms with Crippen molar-refractivity contribution >= 4 is 15.6 Å². The van der Waals surface area contributed by atoms with Crippen LogP contribution in [-0.2, 0) is 22.7 Å². The molecule has 3 N–H and O–H groups in total. The fraction of sp³-hybridized carbons (Fsp3) is 1.00. The fourth-order valence-electron chi connectivity index (χ4n) is 3.68. The summed E-state index contributed by atoms with van der Waals surface area (Å²) < 4.78 is 35.4. The predicted octanol–water partition coefficient (Wildman–Crippen LogP) is 6.63. The van der Waals surface area contributed by atoms with Crippen LogP contribution in [0.2, 0.25) is 0 Å². The largest absolute Gasteiger partial charge is 0.481 e. The van der Waals surface area contributed by atoms with Crippen molar-refractivity contribution in [1.29, 1.82) is 0 Å². The van der Waals surface area contributed by atoms with Gasteiger partial charge in [0.05, 0.1) is 18.8 Å². The van der Waals surface area contributed by atoms with E-state index in [0.717, 1.165) is 25.9 Å². The van der Waals surface area contributed by atoms with E-state index in [2.05, 4.69) is 15.8 Å². The van der Waals surface area contributed by atoms with Gasteiger partial charge in [0.25, 0.3) is 0 Å². The molecule has 0 aromatic carbocycles. The highest BCUT2D eigenvalue weighted by Crippen LogP contribution is 2.57. The minimum atomic E-state index is -5.03. The maximum atomic E-state index is 11.2. The molecule has 0 radical (unpaired) electrons. The van der Waals surface area contributed by atoms with Crippen LogP contribution < -0.4 is 0 Å². The molecule has 1 aliphatic heterocycles. The van der Waals surface area contributed by atoms with Crippen LogP contribution in [0.25, 0.3) is 0 Å². The van der Waals surface area contributed by atoms with E-state index in [4.69, 9.17) is 19.4 Å². The number of unbranched alkanes of at least 4 members (excludes halogenated alkanes) is 15. The average molecular weight is 487 g/mol. The van der Waals surface area contributed by atoms with Gasteiger partial charge in [-0.15, -0.1) is 0 Å². The van der Waals surface area contributed by atoms with Crippen molar-refractivity contribution in [3.8, 4) is 0 Å². The number of hydrogen-bond donors (Lipinski definition) is 3. The van der Waals surface area contributed by atoms with Crippen molar-refractivity contribution in [2.24, 2.45) is 0 Å². The molecule has 8 nitrogen and oxygen atoms in total. The van der Waals surface area contributed by atoms with E-state index in [1.54, 1.807) is 0 Å². The summed E-state index contributed by atoms with van der Waals surface area (Å²) in [5, 5.41) is 0. The van der Waals surface area contributed by atoms with E-state index in [0.29, 0.717) is 6.42 Å². The smallest absolute Gasteiger partial charge is 0.370 e. The summed E-state index contributed by atoms with van der Waals surface area (Å²) in [7, 11) is -9.70. The van der Waals surface area contributed by atoms with Gasteiger partial charge in [-0.05, 0) is 19.8 Å². The summed E-state index contributed by atoms with van der Waals surface area (Å²) in [5.74, 6) is 0. The van der Waals surface area contributed by atoms with E-state index in [1.807, 2.05) is 0 Å². The lowest BCUT2D eigenvalue weighted by molar-refractivity contribution is 0.175. The second kappa shape index (κ2) is 16.0. The monoisotopic (exact) mass is 486 g/mol. The van der Waals surface area contributed by atoms with Crippen molar-refractivity contribution in [2.75, 3.05) is 13.2 Å². The Balaban J connectivity index is 1.72. The number of ether oxygens (including phenoxy) is 1. The molecule has 0 aromatic heterocycles.